The molecule has 3 aromatic carbocycles. The van der Waals surface area contributed by atoms with Gasteiger partial charge in [0.25, 0.3) is 0 Å². The van der Waals surface area contributed by atoms with Crippen molar-refractivity contribution in [2.24, 2.45) is 5.73 Å². The van der Waals surface area contributed by atoms with Crippen LogP contribution in [0.2, 0.25) is 0 Å². The number of carbonyl (C=O) groups excluding carboxylic acids is 1. The van der Waals surface area contributed by atoms with Crippen LogP contribution in [-0.2, 0) is 16.4 Å². The fourth-order valence-corrected chi connectivity index (χ4v) is 5.00. The second-order valence-electron chi connectivity index (χ2n) is 7.96. The summed E-state index contributed by atoms with van der Waals surface area (Å²) in [6.07, 6.45) is 1.22. The van der Waals surface area contributed by atoms with E-state index in [1.807, 2.05) is 30.3 Å². The summed E-state index contributed by atoms with van der Waals surface area (Å²) >= 11 is 0. The molecule has 0 aliphatic heterocycles. The Morgan fingerprint density at radius 3 is 2.40 bits per heavy atom. The fourth-order valence-electron chi connectivity index (χ4n) is 4.06. The first-order valence-electron chi connectivity index (χ1n) is 9.81. The summed E-state index contributed by atoms with van der Waals surface area (Å²) in [5, 5.41) is 1.73. The SMILES string of the molecule is CC(C)c1ccc2c3c(C(N)=O)cccc3n(Cc3ccccc3S(C)(=O)=O)c2c1. The smallest absolute Gasteiger partial charge is 0.249 e. The quantitative estimate of drug-likeness (QED) is 0.517. The molecule has 5 nitrogen and oxygen atoms in total. The lowest BCUT2D eigenvalue weighted by Gasteiger charge is -2.13. The monoisotopic (exact) mass is 420 g/mol. The largest absolute Gasteiger partial charge is 0.366 e. The van der Waals surface area contributed by atoms with Crippen molar-refractivity contribution < 1.29 is 13.2 Å². The molecule has 0 aliphatic carbocycles. The summed E-state index contributed by atoms with van der Waals surface area (Å²) in [6.45, 7) is 4.62. The van der Waals surface area contributed by atoms with E-state index >= 15 is 0 Å². The Hall–Kier alpha value is -3.12. The summed E-state index contributed by atoms with van der Waals surface area (Å²) in [6, 6.07) is 18.7. The number of nitrogens with zero attached hydrogens (tertiary/aromatic N) is 1. The van der Waals surface area contributed by atoms with Crippen LogP contribution in [0, 0.1) is 0 Å². The topological polar surface area (TPSA) is 82.2 Å². The van der Waals surface area contributed by atoms with Gasteiger partial charge in [-0.05, 0) is 41.3 Å². The minimum Gasteiger partial charge on any atom is -0.366 e. The zero-order valence-corrected chi connectivity index (χ0v) is 18.0. The van der Waals surface area contributed by atoms with E-state index in [1.165, 1.54) is 11.8 Å². The molecule has 0 aliphatic rings. The predicted octanol–water partition coefficient (Wildman–Crippen LogP) is 4.47. The predicted molar refractivity (Wildman–Crippen MR) is 121 cm³/mol. The van der Waals surface area contributed by atoms with Crippen molar-refractivity contribution in [3.05, 3.63) is 77.4 Å². The molecular weight excluding hydrogens is 396 g/mol. The Labute approximate surface area is 176 Å². The van der Waals surface area contributed by atoms with Crippen LogP contribution < -0.4 is 5.73 Å². The maximum atomic E-state index is 12.3. The highest BCUT2D eigenvalue weighted by atomic mass is 32.2. The Kier molecular flexibility index (Phi) is 4.90. The highest BCUT2D eigenvalue weighted by Gasteiger charge is 2.19. The highest BCUT2D eigenvalue weighted by Crippen LogP contribution is 2.34. The molecule has 0 fully saturated rings. The van der Waals surface area contributed by atoms with Crippen molar-refractivity contribution in [1.82, 2.24) is 4.57 Å². The first-order chi connectivity index (χ1) is 14.2. The number of rotatable bonds is 5. The van der Waals surface area contributed by atoms with Crippen LogP contribution in [0.4, 0.5) is 0 Å². The highest BCUT2D eigenvalue weighted by molar-refractivity contribution is 7.90. The average Bonchev–Trinajstić information content (AvgIpc) is 3.00. The molecule has 6 heteroatoms. The molecule has 2 N–H and O–H groups in total. The van der Waals surface area contributed by atoms with Gasteiger partial charge < -0.3 is 10.3 Å². The van der Waals surface area contributed by atoms with E-state index in [1.54, 1.807) is 18.2 Å². The second-order valence-corrected chi connectivity index (χ2v) is 9.95. The summed E-state index contributed by atoms with van der Waals surface area (Å²) < 4.78 is 26.7. The van der Waals surface area contributed by atoms with Gasteiger partial charge >= 0.3 is 0 Å². The number of nitrogens with two attached hydrogens (primary N) is 1. The van der Waals surface area contributed by atoms with Crippen molar-refractivity contribution in [3.63, 3.8) is 0 Å². The average molecular weight is 421 g/mol. The van der Waals surface area contributed by atoms with Crippen molar-refractivity contribution in [1.29, 1.82) is 0 Å². The van der Waals surface area contributed by atoms with Gasteiger partial charge in [0.15, 0.2) is 9.84 Å². The summed E-state index contributed by atoms with van der Waals surface area (Å²) in [7, 11) is -3.37. The van der Waals surface area contributed by atoms with E-state index in [-0.39, 0.29) is 0 Å². The Morgan fingerprint density at radius 1 is 1.00 bits per heavy atom. The molecule has 0 saturated heterocycles. The van der Waals surface area contributed by atoms with Crippen LogP contribution in [-0.4, -0.2) is 25.1 Å². The lowest BCUT2D eigenvalue weighted by Crippen LogP contribution is -2.11. The van der Waals surface area contributed by atoms with Gasteiger partial charge in [-0.3, -0.25) is 4.79 Å². The van der Waals surface area contributed by atoms with Crippen molar-refractivity contribution in [2.75, 3.05) is 6.26 Å². The van der Waals surface area contributed by atoms with Gasteiger partial charge in [0, 0.05) is 34.7 Å². The van der Waals surface area contributed by atoms with Crippen LogP contribution >= 0.6 is 0 Å². The first-order valence-corrected chi connectivity index (χ1v) is 11.7. The molecular formula is C24H24N2O3S. The number of fused-ring (bicyclic) bond motifs is 3. The Morgan fingerprint density at radius 2 is 1.73 bits per heavy atom. The number of carbonyl (C=O) groups is 1. The number of primary amides is 1. The van der Waals surface area contributed by atoms with Crippen molar-refractivity contribution >= 4 is 37.6 Å². The normalized spacial score (nSPS) is 12.1. The zero-order chi connectivity index (χ0) is 21.6. The van der Waals surface area contributed by atoms with Crippen LogP contribution in [0.15, 0.2) is 65.6 Å². The number of amides is 1. The zero-order valence-electron chi connectivity index (χ0n) is 17.2. The molecule has 0 spiro atoms. The summed E-state index contributed by atoms with van der Waals surface area (Å²) in [5.74, 6) is -0.149. The molecule has 0 radical (unpaired) electrons. The molecule has 0 bridgehead atoms. The Balaban J connectivity index is 2.07. The standard InChI is InChI=1S/C24H24N2O3S/c1-15(2)16-11-12-18-21(13-16)26(20-9-6-8-19(23(18)20)24(25)27)14-17-7-4-5-10-22(17)30(3,28)29/h4-13,15H,14H2,1-3H3,(H2,25,27). The number of benzene rings is 3. The second kappa shape index (κ2) is 7.29. The molecule has 0 saturated carbocycles. The number of sulfone groups is 1. The van der Waals surface area contributed by atoms with E-state index < -0.39 is 15.7 Å². The van der Waals surface area contributed by atoms with E-state index in [0.29, 0.717) is 28.5 Å². The first kappa shape index (κ1) is 20.2. The Bertz CT molecular complexity index is 1400. The van der Waals surface area contributed by atoms with Crippen LogP contribution in [0.3, 0.4) is 0 Å². The molecule has 4 aromatic rings. The van der Waals surface area contributed by atoms with Gasteiger partial charge in [0.05, 0.1) is 10.4 Å². The number of aromatic nitrogens is 1. The molecule has 1 aromatic heterocycles. The van der Waals surface area contributed by atoms with Gasteiger partial charge in [-0.1, -0.05) is 50.2 Å². The van der Waals surface area contributed by atoms with Gasteiger partial charge in [0.2, 0.25) is 5.91 Å². The lowest BCUT2D eigenvalue weighted by atomic mass is 10.00. The molecule has 0 unspecified atom stereocenters. The molecule has 1 amide bonds. The molecule has 154 valence electrons. The summed E-state index contributed by atoms with van der Waals surface area (Å²) in [4.78, 5) is 12.4. The van der Waals surface area contributed by atoms with Crippen LogP contribution in [0.1, 0.15) is 41.3 Å². The fraction of sp³-hybridized carbons (Fsp3) is 0.208. The van der Waals surface area contributed by atoms with Gasteiger partial charge in [-0.15, -0.1) is 0 Å². The van der Waals surface area contributed by atoms with Gasteiger partial charge in [-0.2, -0.15) is 0 Å². The third kappa shape index (κ3) is 3.37. The molecule has 4 rings (SSSR count). The van der Waals surface area contributed by atoms with E-state index in [4.69, 9.17) is 5.73 Å². The van der Waals surface area contributed by atoms with E-state index in [9.17, 15) is 13.2 Å². The third-order valence-corrected chi connectivity index (χ3v) is 6.75. The van der Waals surface area contributed by atoms with Crippen LogP contribution in [0.5, 0.6) is 0 Å². The molecule has 0 atom stereocenters. The maximum Gasteiger partial charge on any atom is 0.249 e. The molecule has 1 heterocycles. The third-order valence-electron chi connectivity index (χ3n) is 5.55. The maximum absolute atomic E-state index is 12.3. The minimum atomic E-state index is -3.37. The molecule has 30 heavy (non-hydrogen) atoms. The lowest BCUT2D eigenvalue weighted by molar-refractivity contribution is 0.100. The van der Waals surface area contributed by atoms with Crippen molar-refractivity contribution in [2.45, 2.75) is 31.2 Å². The van der Waals surface area contributed by atoms with Gasteiger partial charge in [0.1, 0.15) is 0 Å². The van der Waals surface area contributed by atoms with E-state index in [0.717, 1.165) is 21.8 Å². The number of hydrogen-bond acceptors (Lipinski definition) is 3. The van der Waals surface area contributed by atoms with Crippen molar-refractivity contribution in [3.8, 4) is 0 Å². The van der Waals surface area contributed by atoms with E-state index in [2.05, 4.69) is 30.5 Å². The van der Waals surface area contributed by atoms with Crippen LogP contribution in [0.25, 0.3) is 21.8 Å². The minimum absolute atomic E-state index is 0.311. The summed E-state index contributed by atoms with van der Waals surface area (Å²) in [5.41, 5.74) is 9.81. The number of hydrogen-bond donors (Lipinski definition) is 1. The van der Waals surface area contributed by atoms with Gasteiger partial charge in [-0.25, -0.2) is 8.42 Å².